The predicted octanol–water partition coefficient (Wildman–Crippen LogP) is 6.21. The van der Waals surface area contributed by atoms with Crippen LogP contribution in [0.3, 0.4) is 0 Å². The summed E-state index contributed by atoms with van der Waals surface area (Å²) in [6, 6.07) is 14.8. The highest BCUT2D eigenvalue weighted by molar-refractivity contribution is 6.43. The molecule has 5 nitrogen and oxygen atoms in total. The standard InChI is InChI=1S/C23H22Cl2N2O3/c1-14(2)17-9-7-15(3)11-21(17)29-13-22(28)27-26-12-16-8-10-20(30-16)18-5-4-6-19(24)23(18)25/h4-12,14H,13H2,1-3H3,(H,27,28)/b26-12+. The van der Waals surface area contributed by atoms with Crippen molar-refractivity contribution in [1.82, 2.24) is 5.43 Å². The molecule has 156 valence electrons. The minimum atomic E-state index is -0.368. The Bertz CT molecular complexity index is 1070. The van der Waals surface area contributed by atoms with Gasteiger partial charge in [-0.15, -0.1) is 0 Å². The summed E-state index contributed by atoms with van der Waals surface area (Å²) in [5.74, 6) is 1.65. The molecule has 1 aromatic heterocycles. The number of rotatable bonds is 7. The van der Waals surface area contributed by atoms with Crippen molar-refractivity contribution in [2.75, 3.05) is 6.61 Å². The third-order valence-electron chi connectivity index (χ3n) is 4.37. The molecule has 0 spiro atoms. The van der Waals surface area contributed by atoms with E-state index in [2.05, 4.69) is 24.4 Å². The van der Waals surface area contributed by atoms with Gasteiger partial charge in [-0.1, -0.05) is 55.2 Å². The Balaban J connectivity index is 1.58. The van der Waals surface area contributed by atoms with Gasteiger partial charge in [0.05, 0.1) is 16.3 Å². The molecule has 0 bridgehead atoms. The smallest absolute Gasteiger partial charge is 0.277 e. The van der Waals surface area contributed by atoms with E-state index in [0.29, 0.717) is 38.8 Å². The fourth-order valence-electron chi connectivity index (χ4n) is 2.85. The molecule has 3 aromatic rings. The first kappa shape index (κ1) is 21.9. The Hall–Kier alpha value is -2.76. The molecule has 0 saturated heterocycles. The first-order chi connectivity index (χ1) is 14.3. The van der Waals surface area contributed by atoms with Gasteiger partial charge in [0.2, 0.25) is 0 Å². The van der Waals surface area contributed by atoms with Crippen LogP contribution in [0.25, 0.3) is 11.3 Å². The van der Waals surface area contributed by atoms with Crippen molar-refractivity contribution < 1.29 is 13.9 Å². The molecule has 0 aliphatic heterocycles. The maximum Gasteiger partial charge on any atom is 0.277 e. The van der Waals surface area contributed by atoms with Gasteiger partial charge in [0.1, 0.15) is 17.3 Å². The minimum Gasteiger partial charge on any atom is -0.483 e. The molecule has 1 amide bonds. The van der Waals surface area contributed by atoms with E-state index in [0.717, 1.165) is 11.1 Å². The number of furan rings is 1. The summed E-state index contributed by atoms with van der Waals surface area (Å²) in [4.78, 5) is 12.1. The Morgan fingerprint density at radius 3 is 2.77 bits per heavy atom. The Labute approximate surface area is 185 Å². The molecular weight excluding hydrogens is 423 g/mol. The van der Waals surface area contributed by atoms with Crippen LogP contribution in [0.4, 0.5) is 0 Å². The number of carbonyl (C=O) groups excluding carboxylic acids is 1. The summed E-state index contributed by atoms with van der Waals surface area (Å²) in [5.41, 5.74) is 5.24. The van der Waals surface area contributed by atoms with Crippen LogP contribution in [-0.4, -0.2) is 18.7 Å². The van der Waals surface area contributed by atoms with Crippen LogP contribution in [0, 0.1) is 6.92 Å². The van der Waals surface area contributed by atoms with Gasteiger partial charge in [0, 0.05) is 5.56 Å². The van der Waals surface area contributed by atoms with Gasteiger partial charge in [0.25, 0.3) is 5.91 Å². The lowest BCUT2D eigenvalue weighted by Crippen LogP contribution is -2.24. The number of halogens is 2. The summed E-state index contributed by atoms with van der Waals surface area (Å²) in [6.45, 7) is 6.00. The highest BCUT2D eigenvalue weighted by atomic mass is 35.5. The maximum absolute atomic E-state index is 12.1. The number of hydrazone groups is 1. The normalized spacial score (nSPS) is 11.3. The van der Waals surface area contributed by atoms with Crippen LogP contribution in [-0.2, 0) is 4.79 Å². The number of hydrogen-bond acceptors (Lipinski definition) is 4. The van der Waals surface area contributed by atoms with E-state index in [1.54, 1.807) is 24.3 Å². The molecule has 30 heavy (non-hydrogen) atoms. The molecule has 0 fully saturated rings. The van der Waals surface area contributed by atoms with E-state index < -0.39 is 0 Å². The van der Waals surface area contributed by atoms with Crippen LogP contribution >= 0.6 is 23.2 Å². The average molecular weight is 445 g/mol. The third-order valence-corrected chi connectivity index (χ3v) is 5.19. The number of hydrogen-bond donors (Lipinski definition) is 1. The summed E-state index contributed by atoms with van der Waals surface area (Å²) < 4.78 is 11.4. The van der Waals surface area contributed by atoms with Crippen molar-refractivity contribution in [2.45, 2.75) is 26.7 Å². The first-order valence-electron chi connectivity index (χ1n) is 9.44. The minimum absolute atomic E-state index is 0.137. The molecule has 0 unspecified atom stereocenters. The van der Waals surface area contributed by atoms with Crippen LogP contribution in [0.5, 0.6) is 5.75 Å². The molecule has 7 heteroatoms. The van der Waals surface area contributed by atoms with Crippen molar-refractivity contribution in [1.29, 1.82) is 0 Å². The quantitative estimate of drug-likeness (QED) is 0.347. The molecule has 0 aliphatic carbocycles. The SMILES string of the molecule is Cc1ccc(C(C)C)c(OCC(=O)N/N=C/c2ccc(-c3cccc(Cl)c3Cl)o2)c1. The fraction of sp³-hybridized carbons (Fsp3) is 0.217. The molecule has 0 atom stereocenters. The monoisotopic (exact) mass is 444 g/mol. The van der Waals surface area contributed by atoms with E-state index in [4.69, 9.17) is 32.4 Å². The van der Waals surface area contributed by atoms with E-state index >= 15 is 0 Å². The summed E-state index contributed by atoms with van der Waals surface area (Å²) in [5, 5.41) is 4.78. The average Bonchev–Trinajstić information content (AvgIpc) is 3.17. The summed E-state index contributed by atoms with van der Waals surface area (Å²) in [6.07, 6.45) is 1.41. The van der Waals surface area contributed by atoms with E-state index in [1.165, 1.54) is 6.21 Å². The number of aryl methyl sites for hydroxylation is 1. The highest BCUT2D eigenvalue weighted by Crippen LogP contribution is 2.34. The van der Waals surface area contributed by atoms with E-state index in [1.807, 2.05) is 31.2 Å². The Kier molecular flexibility index (Phi) is 7.19. The molecule has 0 saturated carbocycles. The van der Waals surface area contributed by atoms with E-state index in [-0.39, 0.29) is 12.5 Å². The Morgan fingerprint density at radius 1 is 1.20 bits per heavy atom. The number of benzene rings is 2. The van der Waals surface area contributed by atoms with Crippen molar-refractivity contribution in [3.05, 3.63) is 75.5 Å². The Morgan fingerprint density at radius 2 is 2.00 bits per heavy atom. The molecule has 3 rings (SSSR count). The highest BCUT2D eigenvalue weighted by Gasteiger charge is 2.11. The second-order valence-corrected chi connectivity index (χ2v) is 7.87. The van der Waals surface area contributed by atoms with Crippen molar-refractivity contribution in [3.8, 4) is 17.1 Å². The number of ether oxygens (including phenoxy) is 1. The van der Waals surface area contributed by atoms with Gasteiger partial charge in [-0.05, 0) is 54.3 Å². The molecule has 0 radical (unpaired) electrons. The van der Waals surface area contributed by atoms with Gasteiger partial charge in [-0.2, -0.15) is 5.10 Å². The summed E-state index contributed by atoms with van der Waals surface area (Å²) >= 11 is 12.3. The zero-order valence-electron chi connectivity index (χ0n) is 16.9. The fourth-order valence-corrected chi connectivity index (χ4v) is 3.24. The molecule has 2 aromatic carbocycles. The molecule has 1 heterocycles. The first-order valence-corrected chi connectivity index (χ1v) is 10.2. The predicted molar refractivity (Wildman–Crippen MR) is 121 cm³/mol. The molecular formula is C23H22Cl2N2O3. The van der Waals surface area contributed by atoms with Crippen molar-refractivity contribution >= 4 is 35.3 Å². The number of nitrogens with one attached hydrogen (secondary N) is 1. The van der Waals surface area contributed by atoms with Crippen LogP contribution < -0.4 is 10.2 Å². The summed E-state index contributed by atoms with van der Waals surface area (Å²) in [7, 11) is 0. The topological polar surface area (TPSA) is 63.8 Å². The lowest BCUT2D eigenvalue weighted by molar-refractivity contribution is -0.123. The maximum atomic E-state index is 12.1. The van der Waals surface area contributed by atoms with Crippen molar-refractivity contribution in [3.63, 3.8) is 0 Å². The van der Waals surface area contributed by atoms with Gasteiger partial charge in [-0.25, -0.2) is 5.43 Å². The third kappa shape index (κ3) is 5.43. The zero-order chi connectivity index (χ0) is 21.7. The number of amides is 1. The molecule has 0 aliphatic rings. The van der Waals surface area contributed by atoms with Gasteiger partial charge < -0.3 is 9.15 Å². The van der Waals surface area contributed by atoms with Gasteiger partial charge in [0.15, 0.2) is 6.61 Å². The lowest BCUT2D eigenvalue weighted by Gasteiger charge is -2.14. The zero-order valence-corrected chi connectivity index (χ0v) is 18.4. The molecule has 1 N–H and O–H groups in total. The van der Waals surface area contributed by atoms with Gasteiger partial charge >= 0.3 is 0 Å². The number of carbonyl (C=O) groups is 1. The van der Waals surface area contributed by atoms with Crippen molar-refractivity contribution in [2.24, 2.45) is 5.10 Å². The van der Waals surface area contributed by atoms with Crippen LogP contribution in [0.2, 0.25) is 10.0 Å². The van der Waals surface area contributed by atoms with E-state index in [9.17, 15) is 4.79 Å². The lowest BCUT2D eigenvalue weighted by atomic mass is 10.0. The largest absolute Gasteiger partial charge is 0.483 e. The number of nitrogens with zero attached hydrogens (tertiary/aromatic N) is 1. The second kappa shape index (κ2) is 9.83. The second-order valence-electron chi connectivity index (χ2n) is 7.08. The van der Waals surface area contributed by atoms with Crippen LogP contribution in [0.15, 0.2) is 58.0 Å². The van der Waals surface area contributed by atoms with Gasteiger partial charge in [-0.3, -0.25) is 4.79 Å². The van der Waals surface area contributed by atoms with Crippen LogP contribution in [0.1, 0.15) is 36.7 Å².